The molecule has 1 amide bonds. The van der Waals surface area contributed by atoms with E-state index in [0.29, 0.717) is 22.2 Å². The fraction of sp³-hybridized carbons (Fsp3) is 0.0476. The first-order chi connectivity index (χ1) is 13.2. The van der Waals surface area contributed by atoms with E-state index in [1.165, 1.54) is 12.4 Å². The summed E-state index contributed by atoms with van der Waals surface area (Å²) >= 11 is 0. The van der Waals surface area contributed by atoms with Crippen molar-refractivity contribution in [3.8, 4) is 11.3 Å². The highest BCUT2D eigenvalue weighted by Crippen LogP contribution is 2.17. The van der Waals surface area contributed by atoms with Crippen LogP contribution in [0.1, 0.15) is 16.1 Å². The van der Waals surface area contributed by atoms with Gasteiger partial charge < -0.3 is 10.3 Å². The number of nitrogens with zero attached hydrogens (tertiary/aromatic N) is 2. The second-order valence-corrected chi connectivity index (χ2v) is 6.04. The number of aromatic nitrogens is 3. The monoisotopic (exact) mass is 356 g/mol. The number of amides is 1. The van der Waals surface area contributed by atoms with Crippen molar-refractivity contribution in [3.05, 3.63) is 94.7 Å². The third kappa shape index (κ3) is 3.59. The number of rotatable bonds is 4. The first-order valence-corrected chi connectivity index (χ1v) is 8.47. The van der Waals surface area contributed by atoms with Gasteiger partial charge in [-0.3, -0.25) is 9.59 Å². The SMILES string of the molecule is O=C(NCc1cc(-c2ccccc2)ncn1)c1cc(=O)[nH]c2ccccc12. The van der Waals surface area contributed by atoms with Gasteiger partial charge in [-0.25, -0.2) is 9.97 Å². The first-order valence-electron chi connectivity index (χ1n) is 8.47. The number of aromatic amines is 1. The molecule has 6 nitrogen and oxygen atoms in total. The van der Waals surface area contributed by atoms with Crippen LogP contribution in [0.4, 0.5) is 0 Å². The second kappa shape index (κ2) is 7.21. The fourth-order valence-corrected chi connectivity index (χ4v) is 2.92. The highest BCUT2D eigenvalue weighted by Gasteiger charge is 2.12. The summed E-state index contributed by atoms with van der Waals surface area (Å²) < 4.78 is 0. The van der Waals surface area contributed by atoms with Crippen LogP contribution in [0.25, 0.3) is 22.2 Å². The number of nitrogens with one attached hydrogen (secondary N) is 2. The molecular weight excluding hydrogens is 340 g/mol. The Balaban J connectivity index is 1.56. The summed E-state index contributed by atoms with van der Waals surface area (Å²) in [6, 6.07) is 20.1. The van der Waals surface area contributed by atoms with Crippen LogP contribution in [0.5, 0.6) is 0 Å². The number of carbonyl (C=O) groups excluding carboxylic acids is 1. The molecule has 0 aliphatic rings. The van der Waals surface area contributed by atoms with E-state index in [0.717, 1.165) is 11.3 Å². The summed E-state index contributed by atoms with van der Waals surface area (Å²) in [5.74, 6) is -0.322. The Morgan fingerprint density at radius 2 is 1.74 bits per heavy atom. The zero-order valence-corrected chi connectivity index (χ0v) is 14.3. The minimum atomic E-state index is -0.322. The molecule has 0 spiro atoms. The van der Waals surface area contributed by atoms with Gasteiger partial charge in [0.25, 0.3) is 5.91 Å². The maximum absolute atomic E-state index is 12.6. The zero-order chi connectivity index (χ0) is 18.6. The summed E-state index contributed by atoms with van der Waals surface area (Å²) in [7, 11) is 0. The summed E-state index contributed by atoms with van der Waals surface area (Å²) in [6.07, 6.45) is 1.48. The Labute approximate surface area is 154 Å². The third-order valence-corrected chi connectivity index (χ3v) is 4.22. The molecule has 0 saturated carbocycles. The average Bonchev–Trinajstić information content (AvgIpc) is 2.72. The zero-order valence-electron chi connectivity index (χ0n) is 14.3. The minimum Gasteiger partial charge on any atom is -0.346 e. The standard InChI is InChI=1S/C21H16N4O2/c26-20-11-17(16-8-4-5-9-18(16)25-20)21(27)22-12-15-10-19(24-13-23-15)14-6-2-1-3-7-14/h1-11,13H,12H2,(H,22,27)(H,25,26). The van der Waals surface area contributed by atoms with Gasteiger partial charge in [0, 0.05) is 22.5 Å². The molecule has 6 heteroatoms. The van der Waals surface area contributed by atoms with Gasteiger partial charge >= 0.3 is 0 Å². The van der Waals surface area contributed by atoms with E-state index in [2.05, 4.69) is 20.3 Å². The van der Waals surface area contributed by atoms with Crippen molar-refractivity contribution in [2.24, 2.45) is 0 Å². The van der Waals surface area contributed by atoms with Crippen LogP contribution in [-0.2, 0) is 6.54 Å². The molecule has 0 radical (unpaired) electrons. The number of carbonyl (C=O) groups is 1. The van der Waals surface area contributed by atoms with Crippen molar-refractivity contribution in [2.75, 3.05) is 0 Å². The molecule has 2 aromatic carbocycles. The Morgan fingerprint density at radius 1 is 0.963 bits per heavy atom. The predicted octanol–water partition coefficient (Wildman–Crippen LogP) is 2.92. The molecule has 0 aliphatic carbocycles. The minimum absolute atomic E-state index is 0.238. The predicted molar refractivity (Wildman–Crippen MR) is 103 cm³/mol. The van der Waals surface area contributed by atoms with Crippen LogP contribution in [0.15, 0.2) is 77.9 Å². The molecule has 0 atom stereocenters. The Morgan fingerprint density at radius 3 is 2.59 bits per heavy atom. The van der Waals surface area contributed by atoms with Gasteiger partial charge in [-0.2, -0.15) is 0 Å². The van der Waals surface area contributed by atoms with Gasteiger partial charge in [0.2, 0.25) is 5.56 Å². The number of hydrogen-bond acceptors (Lipinski definition) is 4. The molecule has 27 heavy (non-hydrogen) atoms. The number of para-hydroxylation sites is 1. The van der Waals surface area contributed by atoms with E-state index in [9.17, 15) is 9.59 Å². The van der Waals surface area contributed by atoms with E-state index < -0.39 is 0 Å². The first kappa shape index (κ1) is 16.7. The average molecular weight is 356 g/mol. The number of H-pyrrole nitrogens is 1. The molecule has 0 fully saturated rings. The van der Waals surface area contributed by atoms with Crippen molar-refractivity contribution in [3.63, 3.8) is 0 Å². The molecule has 2 heterocycles. The van der Waals surface area contributed by atoms with Gasteiger partial charge in [0.1, 0.15) is 6.33 Å². The van der Waals surface area contributed by atoms with Crippen molar-refractivity contribution >= 4 is 16.8 Å². The van der Waals surface area contributed by atoms with Crippen LogP contribution in [0.3, 0.4) is 0 Å². The maximum atomic E-state index is 12.6. The van der Waals surface area contributed by atoms with Crippen LogP contribution < -0.4 is 10.9 Å². The molecule has 0 bridgehead atoms. The summed E-state index contributed by atoms with van der Waals surface area (Å²) in [6.45, 7) is 0.238. The normalized spacial score (nSPS) is 10.7. The third-order valence-electron chi connectivity index (χ3n) is 4.22. The molecule has 0 unspecified atom stereocenters. The Bertz CT molecular complexity index is 1170. The highest BCUT2D eigenvalue weighted by atomic mass is 16.2. The van der Waals surface area contributed by atoms with Gasteiger partial charge in [0.05, 0.1) is 23.5 Å². The number of fused-ring (bicyclic) bond motifs is 1. The van der Waals surface area contributed by atoms with Crippen molar-refractivity contribution in [1.82, 2.24) is 20.3 Å². The molecule has 4 rings (SSSR count). The second-order valence-electron chi connectivity index (χ2n) is 6.04. The maximum Gasteiger partial charge on any atom is 0.252 e. The summed E-state index contributed by atoms with van der Waals surface area (Å²) in [5.41, 5.74) is 3.11. The summed E-state index contributed by atoms with van der Waals surface area (Å²) in [4.78, 5) is 35.7. The molecule has 4 aromatic rings. The fourth-order valence-electron chi connectivity index (χ4n) is 2.92. The van der Waals surface area contributed by atoms with Gasteiger partial charge in [-0.05, 0) is 12.1 Å². The quantitative estimate of drug-likeness (QED) is 0.588. The van der Waals surface area contributed by atoms with Gasteiger partial charge in [-0.15, -0.1) is 0 Å². The molecule has 132 valence electrons. The molecule has 2 aromatic heterocycles. The topological polar surface area (TPSA) is 87.7 Å². The van der Waals surface area contributed by atoms with E-state index in [1.54, 1.807) is 12.1 Å². The lowest BCUT2D eigenvalue weighted by atomic mass is 10.1. The van der Waals surface area contributed by atoms with Crippen molar-refractivity contribution < 1.29 is 4.79 Å². The Hall–Kier alpha value is -3.80. The van der Waals surface area contributed by atoms with Crippen LogP contribution in [-0.4, -0.2) is 20.9 Å². The Kier molecular flexibility index (Phi) is 4.45. The molecule has 0 aliphatic heterocycles. The smallest absolute Gasteiger partial charge is 0.252 e. The van der Waals surface area contributed by atoms with Gasteiger partial charge in [-0.1, -0.05) is 48.5 Å². The largest absolute Gasteiger partial charge is 0.346 e. The van der Waals surface area contributed by atoms with E-state index in [4.69, 9.17) is 0 Å². The van der Waals surface area contributed by atoms with E-state index in [1.807, 2.05) is 48.5 Å². The lowest BCUT2D eigenvalue weighted by Gasteiger charge is -2.08. The number of benzene rings is 2. The molecule has 2 N–H and O–H groups in total. The van der Waals surface area contributed by atoms with Crippen molar-refractivity contribution in [1.29, 1.82) is 0 Å². The van der Waals surface area contributed by atoms with Crippen LogP contribution in [0, 0.1) is 0 Å². The van der Waals surface area contributed by atoms with E-state index in [-0.39, 0.29) is 18.0 Å². The molecule has 0 saturated heterocycles. The van der Waals surface area contributed by atoms with E-state index >= 15 is 0 Å². The van der Waals surface area contributed by atoms with Crippen LogP contribution in [0.2, 0.25) is 0 Å². The lowest BCUT2D eigenvalue weighted by Crippen LogP contribution is -2.25. The lowest BCUT2D eigenvalue weighted by molar-refractivity contribution is 0.0952. The highest BCUT2D eigenvalue weighted by molar-refractivity contribution is 6.05. The van der Waals surface area contributed by atoms with Crippen LogP contribution >= 0.6 is 0 Å². The van der Waals surface area contributed by atoms with Gasteiger partial charge in [0.15, 0.2) is 0 Å². The molecular formula is C21H16N4O2. The number of pyridine rings is 1. The summed E-state index contributed by atoms with van der Waals surface area (Å²) in [5, 5.41) is 3.53. The van der Waals surface area contributed by atoms with Crippen molar-refractivity contribution in [2.45, 2.75) is 6.54 Å². The number of hydrogen-bond donors (Lipinski definition) is 2.